The zero-order chi connectivity index (χ0) is 23.8. The number of thiophene rings is 1. The van der Waals surface area contributed by atoms with Crippen LogP contribution in [0.3, 0.4) is 0 Å². The number of hydrogen-bond donors (Lipinski definition) is 4. The lowest BCUT2D eigenvalue weighted by atomic mass is 9.86. The summed E-state index contributed by atoms with van der Waals surface area (Å²) < 4.78 is 24.5. The molecule has 1 aliphatic rings. The number of benzene rings is 2. The lowest BCUT2D eigenvalue weighted by Crippen LogP contribution is -2.64. The van der Waals surface area contributed by atoms with E-state index in [-0.39, 0.29) is 5.82 Å². The van der Waals surface area contributed by atoms with Crippen molar-refractivity contribution in [1.29, 1.82) is 0 Å². The van der Waals surface area contributed by atoms with Crippen molar-refractivity contribution in [2.24, 2.45) is 0 Å². The van der Waals surface area contributed by atoms with E-state index in [9.17, 15) is 24.8 Å². The Hall–Kier alpha value is -2.17. The maximum atomic E-state index is 13.2. The molecule has 3 aromatic rings. The Morgan fingerprint density at radius 1 is 1.03 bits per heavy atom. The molecule has 8 heteroatoms. The van der Waals surface area contributed by atoms with Gasteiger partial charge in [-0.05, 0) is 47.9 Å². The Balaban J connectivity index is 1.58. The first kappa shape index (κ1) is 24.0. The molecular weight excluding hydrogens is 447 g/mol. The number of halogens is 1. The minimum absolute atomic E-state index is 0.264. The molecule has 33 heavy (non-hydrogen) atoms. The number of hydrogen-bond acceptors (Lipinski definition) is 7. The van der Waals surface area contributed by atoms with E-state index >= 15 is 0 Å². The van der Waals surface area contributed by atoms with Crippen molar-refractivity contribution in [3.05, 3.63) is 82.0 Å². The Kier molecular flexibility index (Phi) is 6.97. The standard InChI is InChI=1S/C25H27FO6S/c1-14-11-17(25(31-2)24(30)23(29)22(28)20(13-27)32-25)6-3-16(14)12-19-9-10-21(33-19)15-4-7-18(26)8-5-15/h3-11,20,22-24,27-30H,12-13H2,1-2H3/t20-,22-,23+,24-,25?/m1/s1. The highest BCUT2D eigenvalue weighted by Crippen LogP contribution is 2.40. The second-order valence-electron chi connectivity index (χ2n) is 8.23. The van der Waals surface area contributed by atoms with Gasteiger partial charge in [-0.15, -0.1) is 11.3 Å². The third-order valence-electron chi connectivity index (χ3n) is 6.15. The SMILES string of the molecule is COC1(c2ccc(Cc3ccc(-c4ccc(F)cc4)s3)c(C)c2)O[C@H](CO)[C@@H](O)[C@H](O)[C@H]1O. The second kappa shape index (κ2) is 9.60. The molecule has 2 heterocycles. The molecule has 1 aliphatic heterocycles. The van der Waals surface area contributed by atoms with E-state index in [1.54, 1.807) is 29.5 Å². The molecule has 0 bridgehead atoms. The van der Waals surface area contributed by atoms with Gasteiger partial charge < -0.3 is 29.9 Å². The summed E-state index contributed by atoms with van der Waals surface area (Å²) in [5.74, 6) is -1.99. The van der Waals surface area contributed by atoms with Crippen LogP contribution in [0, 0.1) is 12.7 Å². The topological polar surface area (TPSA) is 99.4 Å². The monoisotopic (exact) mass is 474 g/mol. The molecule has 1 fully saturated rings. The minimum Gasteiger partial charge on any atom is -0.394 e. The smallest absolute Gasteiger partial charge is 0.224 e. The van der Waals surface area contributed by atoms with Gasteiger partial charge in [0.15, 0.2) is 0 Å². The van der Waals surface area contributed by atoms with Gasteiger partial charge in [0.2, 0.25) is 5.79 Å². The Morgan fingerprint density at radius 3 is 2.39 bits per heavy atom. The third kappa shape index (κ3) is 4.48. The van der Waals surface area contributed by atoms with Crippen molar-refractivity contribution in [2.45, 2.75) is 43.5 Å². The molecule has 4 rings (SSSR count). The molecule has 0 amide bonds. The Bertz CT molecular complexity index is 1100. The summed E-state index contributed by atoms with van der Waals surface area (Å²) in [6.07, 6.45) is -4.97. The molecule has 1 saturated heterocycles. The molecule has 0 spiro atoms. The summed E-state index contributed by atoms with van der Waals surface area (Å²) in [6, 6.07) is 16.0. The van der Waals surface area contributed by atoms with E-state index in [0.717, 1.165) is 26.4 Å². The van der Waals surface area contributed by atoms with E-state index in [2.05, 4.69) is 0 Å². The van der Waals surface area contributed by atoms with Crippen molar-refractivity contribution in [3.8, 4) is 10.4 Å². The van der Waals surface area contributed by atoms with E-state index in [1.165, 1.54) is 19.2 Å². The maximum absolute atomic E-state index is 13.2. The van der Waals surface area contributed by atoms with Crippen LogP contribution in [0.1, 0.15) is 21.6 Å². The van der Waals surface area contributed by atoms with Crippen LogP contribution in [-0.2, 0) is 21.7 Å². The average Bonchev–Trinajstić information content (AvgIpc) is 3.28. The summed E-state index contributed by atoms with van der Waals surface area (Å²) in [4.78, 5) is 2.19. The largest absolute Gasteiger partial charge is 0.394 e. The van der Waals surface area contributed by atoms with Gasteiger partial charge in [0.05, 0.1) is 6.61 Å². The van der Waals surface area contributed by atoms with Gasteiger partial charge >= 0.3 is 0 Å². The summed E-state index contributed by atoms with van der Waals surface area (Å²) in [5, 5.41) is 40.6. The van der Waals surface area contributed by atoms with Crippen molar-refractivity contribution in [3.63, 3.8) is 0 Å². The number of rotatable bonds is 6. The van der Waals surface area contributed by atoms with Crippen LogP contribution in [0.15, 0.2) is 54.6 Å². The Labute approximate surface area is 195 Å². The lowest BCUT2D eigenvalue weighted by molar-refractivity contribution is -0.366. The van der Waals surface area contributed by atoms with Crippen LogP contribution in [0.25, 0.3) is 10.4 Å². The molecule has 176 valence electrons. The highest BCUT2D eigenvalue weighted by Gasteiger charge is 2.55. The van der Waals surface area contributed by atoms with Crippen LogP contribution >= 0.6 is 11.3 Å². The average molecular weight is 475 g/mol. The summed E-state index contributed by atoms with van der Waals surface area (Å²) in [5.41, 5.74) is 3.42. The van der Waals surface area contributed by atoms with Crippen LogP contribution in [-0.4, -0.2) is 58.6 Å². The van der Waals surface area contributed by atoms with Crippen molar-refractivity contribution >= 4 is 11.3 Å². The molecule has 1 aromatic heterocycles. The van der Waals surface area contributed by atoms with Gasteiger partial charge in [-0.25, -0.2) is 4.39 Å². The van der Waals surface area contributed by atoms with Gasteiger partial charge in [0.25, 0.3) is 0 Å². The van der Waals surface area contributed by atoms with E-state index in [4.69, 9.17) is 9.47 Å². The molecule has 0 radical (unpaired) electrons. The molecule has 0 aliphatic carbocycles. The van der Waals surface area contributed by atoms with Crippen LogP contribution in [0.4, 0.5) is 4.39 Å². The van der Waals surface area contributed by atoms with Crippen LogP contribution < -0.4 is 0 Å². The van der Waals surface area contributed by atoms with Crippen molar-refractivity contribution in [2.75, 3.05) is 13.7 Å². The fourth-order valence-electron chi connectivity index (χ4n) is 4.21. The van der Waals surface area contributed by atoms with Crippen molar-refractivity contribution < 1.29 is 34.3 Å². The first-order valence-corrected chi connectivity index (χ1v) is 11.4. The quantitative estimate of drug-likeness (QED) is 0.439. The third-order valence-corrected chi connectivity index (χ3v) is 7.29. The van der Waals surface area contributed by atoms with E-state index < -0.39 is 36.8 Å². The lowest BCUT2D eigenvalue weighted by Gasteiger charge is -2.47. The minimum atomic E-state index is -1.73. The molecule has 1 unspecified atom stereocenters. The van der Waals surface area contributed by atoms with Gasteiger partial charge in [0.1, 0.15) is 30.2 Å². The predicted molar refractivity (Wildman–Crippen MR) is 122 cm³/mol. The first-order chi connectivity index (χ1) is 15.8. The Morgan fingerprint density at radius 2 is 1.76 bits per heavy atom. The number of ether oxygens (including phenoxy) is 2. The highest BCUT2D eigenvalue weighted by atomic mass is 32.1. The maximum Gasteiger partial charge on any atom is 0.224 e. The molecule has 6 nitrogen and oxygen atoms in total. The molecular formula is C25H27FO6S. The van der Waals surface area contributed by atoms with E-state index in [1.807, 2.05) is 31.2 Å². The van der Waals surface area contributed by atoms with Crippen LogP contribution in [0.5, 0.6) is 0 Å². The summed E-state index contributed by atoms with van der Waals surface area (Å²) in [6.45, 7) is 1.39. The fraction of sp³-hybridized carbons (Fsp3) is 0.360. The highest BCUT2D eigenvalue weighted by molar-refractivity contribution is 7.15. The van der Waals surface area contributed by atoms with Crippen LogP contribution in [0.2, 0.25) is 0 Å². The second-order valence-corrected chi connectivity index (χ2v) is 9.40. The molecule has 4 N–H and O–H groups in total. The van der Waals surface area contributed by atoms with Gasteiger partial charge in [0, 0.05) is 28.8 Å². The zero-order valence-electron chi connectivity index (χ0n) is 18.3. The number of aliphatic hydroxyl groups is 4. The number of methoxy groups -OCH3 is 1. The van der Waals surface area contributed by atoms with Gasteiger partial charge in [-0.3, -0.25) is 0 Å². The zero-order valence-corrected chi connectivity index (χ0v) is 19.1. The van der Waals surface area contributed by atoms with Gasteiger partial charge in [-0.2, -0.15) is 0 Å². The fourth-order valence-corrected chi connectivity index (χ4v) is 5.24. The predicted octanol–water partition coefficient (Wildman–Crippen LogP) is 2.73. The number of aliphatic hydroxyl groups excluding tert-OH is 4. The number of aryl methyl sites for hydroxylation is 1. The molecule has 2 aromatic carbocycles. The van der Waals surface area contributed by atoms with E-state index in [0.29, 0.717) is 12.0 Å². The van der Waals surface area contributed by atoms with Crippen molar-refractivity contribution in [1.82, 2.24) is 0 Å². The summed E-state index contributed by atoms with van der Waals surface area (Å²) in [7, 11) is 1.34. The molecule has 5 atom stereocenters. The summed E-state index contributed by atoms with van der Waals surface area (Å²) >= 11 is 1.64. The molecule has 0 saturated carbocycles. The first-order valence-electron chi connectivity index (χ1n) is 10.6. The van der Waals surface area contributed by atoms with Gasteiger partial charge in [-0.1, -0.05) is 30.3 Å². The normalized spacial score (nSPS) is 27.6.